The summed E-state index contributed by atoms with van der Waals surface area (Å²) in [5.74, 6) is 0.150. The van der Waals surface area contributed by atoms with E-state index in [0.29, 0.717) is 0 Å². The molecule has 1 fully saturated rings. The molecule has 1 aliphatic heterocycles. The van der Waals surface area contributed by atoms with Gasteiger partial charge in [0.25, 0.3) is 5.91 Å². The number of halogens is 1. The molecule has 1 unspecified atom stereocenters. The highest BCUT2D eigenvalue weighted by Gasteiger charge is 2.26. The quantitative estimate of drug-likeness (QED) is 0.783. The summed E-state index contributed by atoms with van der Waals surface area (Å²) in [4.78, 5) is 16.7. The summed E-state index contributed by atoms with van der Waals surface area (Å²) >= 11 is 3.41. The lowest BCUT2D eigenvalue weighted by Crippen LogP contribution is -2.52. The van der Waals surface area contributed by atoms with Gasteiger partial charge in [-0.1, -0.05) is 28.1 Å². The third-order valence-electron chi connectivity index (χ3n) is 3.45. The van der Waals surface area contributed by atoms with Crippen molar-refractivity contribution >= 4 is 21.8 Å². The third-order valence-corrected chi connectivity index (χ3v) is 4.09. The molecule has 0 aromatic heterocycles. The molecule has 2 rings (SSSR count). The fraction of sp³-hybridized carbons (Fsp3) is 0.500. The van der Waals surface area contributed by atoms with Gasteiger partial charge in [-0.25, -0.2) is 0 Å². The molecule has 98 valence electrons. The minimum Gasteiger partial charge on any atom is -0.333 e. The zero-order chi connectivity index (χ0) is 13.1. The Labute approximate surface area is 117 Å². The fourth-order valence-corrected chi connectivity index (χ4v) is 2.72. The van der Waals surface area contributed by atoms with Gasteiger partial charge in [0.15, 0.2) is 0 Å². The molecule has 1 saturated heterocycles. The van der Waals surface area contributed by atoms with Gasteiger partial charge in [0.2, 0.25) is 0 Å². The van der Waals surface area contributed by atoms with Crippen LogP contribution in [0.4, 0.5) is 0 Å². The molecule has 0 radical (unpaired) electrons. The maximum absolute atomic E-state index is 12.4. The van der Waals surface area contributed by atoms with Crippen LogP contribution in [0.2, 0.25) is 0 Å². The van der Waals surface area contributed by atoms with Crippen LogP contribution in [0.3, 0.4) is 0 Å². The van der Waals surface area contributed by atoms with E-state index in [-0.39, 0.29) is 11.9 Å². The molecule has 1 atom stereocenters. The molecule has 0 spiro atoms. The topological polar surface area (TPSA) is 23.6 Å². The second-order valence-electron chi connectivity index (χ2n) is 4.94. The second-order valence-corrected chi connectivity index (χ2v) is 5.50. The summed E-state index contributed by atoms with van der Waals surface area (Å²) < 4.78 is 0. The molecule has 1 aliphatic rings. The van der Waals surface area contributed by atoms with Crippen LogP contribution in [0.5, 0.6) is 0 Å². The molecule has 1 amide bonds. The minimum absolute atomic E-state index is 0.150. The van der Waals surface area contributed by atoms with E-state index < -0.39 is 0 Å². The van der Waals surface area contributed by atoms with Crippen molar-refractivity contribution in [1.82, 2.24) is 9.80 Å². The van der Waals surface area contributed by atoms with Gasteiger partial charge in [-0.2, -0.15) is 0 Å². The van der Waals surface area contributed by atoms with Crippen molar-refractivity contribution in [2.75, 3.05) is 26.7 Å². The molecule has 1 heterocycles. The van der Waals surface area contributed by atoms with Crippen LogP contribution >= 0.6 is 15.9 Å². The summed E-state index contributed by atoms with van der Waals surface area (Å²) in [5, 5.41) is 0.826. The number of likely N-dealkylation sites (N-methyl/N-ethyl adjacent to an activating group) is 1. The van der Waals surface area contributed by atoms with E-state index in [1.54, 1.807) is 0 Å². The first-order valence-corrected chi connectivity index (χ1v) is 7.38. The highest BCUT2D eigenvalue weighted by molar-refractivity contribution is 9.08. The van der Waals surface area contributed by atoms with Crippen molar-refractivity contribution in [2.24, 2.45) is 0 Å². The molecule has 0 N–H and O–H groups in total. The Kier molecular flexibility index (Phi) is 4.40. The smallest absolute Gasteiger partial charge is 0.254 e. The first kappa shape index (κ1) is 13.6. The van der Waals surface area contributed by atoms with Gasteiger partial charge in [-0.15, -0.1) is 0 Å². The summed E-state index contributed by atoms with van der Waals surface area (Å²) in [6.45, 7) is 4.83. The fourth-order valence-electron chi connectivity index (χ4n) is 2.34. The number of amides is 1. The lowest BCUT2D eigenvalue weighted by molar-refractivity contribution is 0.0533. The number of hydrogen-bond donors (Lipinski definition) is 0. The number of benzene rings is 1. The average molecular weight is 311 g/mol. The average Bonchev–Trinajstić information content (AvgIpc) is 2.38. The summed E-state index contributed by atoms with van der Waals surface area (Å²) in [5.41, 5.74) is 1.98. The zero-order valence-corrected chi connectivity index (χ0v) is 12.5. The Bertz CT molecular complexity index is 418. The number of carbonyl (C=O) groups excluding carboxylic acids is 1. The molecular formula is C14H19BrN2O. The number of nitrogens with zero attached hydrogens (tertiary/aromatic N) is 2. The Hall–Kier alpha value is -0.870. The normalized spacial score (nSPS) is 21.1. The van der Waals surface area contributed by atoms with Crippen molar-refractivity contribution in [2.45, 2.75) is 18.3 Å². The van der Waals surface area contributed by atoms with Gasteiger partial charge in [0.1, 0.15) is 0 Å². The van der Waals surface area contributed by atoms with Gasteiger partial charge >= 0.3 is 0 Å². The van der Waals surface area contributed by atoms with E-state index in [0.717, 1.165) is 30.5 Å². The first-order valence-electron chi connectivity index (χ1n) is 6.26. The van der Waals surface area contributed by atoms with Crippen molar-refractivity contribution in [3.8, 4) is 0 Å². The summed E-state index contributed by atoms with van der Waals surface area (Å²) in [6.07, 6.45) is 0. The monoisotopic (exact) mass is 310 g/mol. The lowest BCUT2D eigenvalue weighted by atomic mass is 10.1. The van der Waals surface area contributed by atoms with Crippen molar-refractivity contribution in [1.29, 1.82) is 0 Å². The van der Waals surface area contributed by atoms with Gasteiger partial charge in [-0.05, 0) is 31.7 Å². The van der Waals surface area contributed by atoms with E-state index in [4.69, 9.17) is 0 Å². The van der Waals surface area contributed by atoms with Gasteiger partial charge < -0.3 is 9.80 Å². The van der Waals surface area contributed by atoms with Crippen LogP contribution in [0.15, 0.2) is 24.3 Å². The number of piperazine rings is 1. The third kappa shape index (κ3) is 2.93. The first-order chi connectivity index (χ1) is 8.61. The van der Waals surface area contributed by atoms with Crippen LogP contribution < -0.4 is 0 Å². The Balaban J connectivity index is 2.10. The Morgan fingerprint density at radius 2 is 2.00 bits per heavy atom. The Morgan fingerprint density at radius 1 is 1.33 bits per heavy atom. The molecule has 1 aromatic rings. The van der Waals surface area contributed by atoms with Crippen molar-refractivity contribution in [3.05, 3.63) is 35.4 Å². The zero-order valence-electron chi connectivity index (χ0n) is 10.9. The number of hydrogen-bond acceptors (Lipinski definition) is 2. The standard InChI is InChI=1S/C14H19BrN2O/c1-11-10-16(2)7-8-17(11)14(18)13-5-3-12(9-15)4-6-13/h3-6,11H,7-10H2,1-2H3. The van der Waals surface area contributed by atoms with Crippen LogP contribution in [-0.2, 0) is 5.33 Å². The lowest BCUT2D eigenvalue weighted by Gasteiger charge is -2.38. The summed E-state index contributed by atoms with van der Waals surface area (Å²) in [7, 11) is 2.10. The predicted octanol–water partition coefficient (Wildman–Crippen LogP) is 2.36. The maximum Gasteiger partial charge on any atom is 0.254 e. The maximum atomic E-state index is 12.4. The van der Waals surface area contributed by atoms with Crippen LogP contribution in [0.25, 0.3) is 0 Å². The minimum atomic E-state index is 0.150. The molecule has 3 nitrogen and oxygen atoms in total. The van der Waals surface area contributed by atoms with Gasteiger partial charge in [-0.3, -0.25) is 4.79 Å². The van der Waals surface area contributed by atoms with Crippen molar-refractivity contribution in [3.63, 3.8) is 0 Å². The van der Waals surface area contributed by atoms with Crippen LogP contribution in [0.1, 0.15) is 22.8 Å². The van der Waals surface area contributed by atoms with Gasteiger partial charge in [0.05, 0.1) is 0 Å². The molecule has 1 aromatic carbocycles. The number of carbonyl (C=O) groups is 1. The van der Waals surface area contributed by atoms with Gasteiger partial charge in [0, 0.05) is 36.6 Å². The Morgan fingerprint density at radius 3 is 2.56 bits per heavy atom. The highest BCUT2D eigenvalue weighted by Crippen LogP contribution is 2.14. The predicted molar refractivity (Wildman–Crippen MR) is 77.1 cm³/mol. The van der Waals surface area contributed by atoms with Crippen molar-refractivity contribution < 1.29 is 4.79 Å². The molecule has 0 bridgehead atoms. The van der Waals surface area contributed by atoms with Crippen LogP contribution in [0, 0.1) is 0 Å². The molecule has 0 aliphatic carbocycles. The number of rotatable bonds is 2. The highest BCUT2D eigenvalue weighted by atomic mass is 79.9. The molecular weight excluding hydrogens is 292 g/mol. The SMILES string of the molecule is CC1CN(C)CCN1C(=O)c1ccc(CBr)cc1. The molecule has 4 heteroatoms. The van der Waals surface area contributed by atoms with E-state index in [1.807, 2.05) is 29.2 Å². The second kappa shape index (κ2) is 5.85. The molecule has 18 heavy (non-hydrogen) atoms. The van der Waals surface area contributed by atoms with E-state index in [9.17, 15) is 4.79 Å². The van der Waals surface area contributed by atoms with E-state index in [2.05, 4.69) is 34.8 Å². The number of alkyl halides is 1. The molecule has 0 saturated carbocycles. The van der Waals surface area contributed by atoms with Crippen LogP contribution in [-0.4, -0.2) is 48.4 Å². The largest absolute Gasteiger partial charge is 0.333 e. The summed E-state index contributed by atoms with van der Waals surface area (Å²) in [6, 6.07) is 8.13. The van der Waals surface area contributed by atoms with E-state index in [1.165, 1.54) is 5.56 Å². The van der Waals surface area contributed by atoms with E-state index >= 15 is 0 Å².